The molecular weight excluding hydrogens is 263 g/mol. The van der Waals surface area contributed by atoms with Crippen LogP contribution in [0.4, 0.5) is 13.2 Å². The number of hydrogen-bond acceptors (Lipinski definition) is 1. The molecule has 2 aromatic carbocycles. The van der Waals surface area contributed by atoms with E-state index in [2.05, 4.69) is 6.07 Å². The lowest BCUT2D eigenvalue weighted by atomic mass is 10.0. The number of halogens is 4. The van der Waals surface area contributed by atoms with Crippen molar-refractivity contribution in [2.75, 3.05) is 0 Å². The molecule has 0 amide bonds. The lowest BCUT2D eigenvalue weighted by molar-refractivity contribution is 0.581. The smallest absolute Gasteiger partial charge is 0.135 e. The molecule has 0 saturated heterocycles. The molecule has 1 radical (unpaired) electrons. The minimum absolute atomic E-state index is 0.0366. The summed E-state index contributed by atoms with van der Waals surface area (Å²) in [5.41, 5.74) is -1.04. The van der Waals surface area contributed by atoms with Gasteiger partial charge in [0.15, 0.2) is 0 Å². The molecule has 1 nitrogen and oxygen atoms in total. The Morgan fingerprint density at radius 1 is 1.06 bits per heavy atom. The van der Waals surface area contributed by atoms with Crippen molar-refractivity contribution in [3.63, 3.8) is 0 Å². The first-order chi connectivity index (χ1) is 8.52. The van der Waals surface area contributed by atoms with Gasteiger partial charge in [0.25, 0.3) is 0 Å². The summed E-state index contributed by atoms with van der Waals surface area (Å²) in [5.74, 6) is -2.89. The van der Waals surface area contributed by atoms with Gasteiger partial charge in [0, 0.05) is 16.7 Å². The summed E-state index contributed by atoms with van der Waals surface area (Å²) in [7, 11) is 0. The molecule has 18 heavy (non-hydrogen) atoms. The first-order valence-electron chi connectivity index (χ1n) is 4.79. The van der Waals surface area contributed by atoms with Crippen molar-refractivity contribution < 1.29 is 13.2 Å². The minimum atomic E-state index is -1.02. The van der Waals surface area contributed by atoms with Gasteiger partial charge >= 0.3 is 0 Å². The summed E-state index contributed by atoms with van der Waals surface area (Å²) in [5, 5.41) is 8.60. The van der Waals surface area contributed by atoms with Crippen molar-refractivity contribution in [1.29, 1.82) is 5.26 Å². The highest BCUT2D eigenvalue weighted by Gasteiger charge is 2.17. The van der Waals surface area contributed by atoms with Crippen molar-refractivity contribution in [3.05, 3.63) is 58.4 Å². The van der Waals surface area contributed by atoms with Crippen LogP contribution >= 0.6 is 11.6 Å². The van der Waals surface area contributed by atoms with Gasteiger partial charge in [0.2, 0.25) is 0 Å². The molecule has 0 unspecified atom stereocenters. The third-order valence-electron chi connectivity index (χ3n) is 2.31. The van der Waals surface area contributed by atoms with E-state index in [1.54, 1.807) is 6.07 Å². The van der Waals surface area contributed by atoms with E-state index >= 15 is 0 Å². The molecule has 0 saturated carbocycles. The van der Waals surface area contributed by atoms with E-state index in [9.17, 15) is 13.2 Å². The molecule has 0 N–H and O–H groups in total. The second-order valence-corrected chi connectivity index (χ2v) is 3.88. The largest absolute Gasteiger partial charge is 0.206 e. The monoisotopic (exact) mass is 266 g/mol. The predicted octanol–water partition coefficient (Wildman–Crippen LogP) is 4.10. The first-order valence-corrected chi connectivity index (χ1v) is 5.17. The summed E-state index contributed by atoms with van der Waals surface area (Å²) in [6.07, 6.45) is 0. The molecule has 0 heterocycles. The fourth-order valence-electron chi connectivity index (χ4n) is 1.53. The summed E-state index contributed by atoms with van der Waals surface area (Å²) in [6.45, 7) is 0. The van der Waals surface area contributed by atoms with Crippen molar-refractivity contribution in [1.82, 2.24) is 0 Å². The third kappa shape index (κ3) is 2.18. The van der Waals surface area contributed by atoms with Gasteiger partial charge in [-0.05, 0) is 24.3 Å². The van der Waals surface area contributed by atoms with Gasteiger partial charge in [-0.3, -0.25) is 0 Å². The highest BCUT2D eigenvalue weighted by Crippen LogP contribution is 2.31. The molecule has 0 aromatic heterocycles. The van der Waals surface area contributed by atoms with E-state index in [4.69, 9.17) is 16.9 Å². The molecule has 0 aliphatic rings. The fraction of sp³-hybridized carbons (Fsp3) is 0. The van der Waals surface area contributed by atoms with Crippen molar-refractivity contribution in [2.45, 2.75) is 0 Å². The Balaban J connectivity index is 2.72. The fourth-order valence-corrected chi connectivity index (χ4v) is 1.70. The Morgan fingerprint density at radius 2 is 1.67 bits per heavy atom. The Labute approximate surface area is 106 Å². The quantitative estimate of drug-likeness (QED) is 0.762. The Hall–Kier alpha value is -1.99. The van der Waals surface area contributed by atoms with Crippen molar-refractivity contribution in [2.24, 2.45) is 0 Å². The summed E-state index contributed by atoms with van der Waals surface area (Å²) >= 11 is 5.61. The van der Waals surface area contributed by atoms with Crippen LogP contribution in [0, 0.1) is 34.8 Å². The van der Waals surface area contributed by atoms with E-state index in [1.165, 1.54) is 0 Å². The zero-order valence-corrected chi connectivity index (χ0v) is 9.52. The van der Waals surface area contributed by atoms with Crippen LogP contribution in [0.3, 0.4) is 0 Å². The summed E-state index contributed by atoms with van der Waals surface area (Å²) < 4.78 is 40.9. The van der Waals surface area contributed by atoms with Gasteiger partial charge in [-0.1, -0.05) is 11.6 Å². The molecule has 0 aliphatic carbocycles. The maximum atomic E-state index is 13.7. The molecule has 0 bridgehead atoms. The zero-order chi connectivity index (χ0) is 13.3. The van der Waals surface area contributed by atoms with Gasteiger partial charge in [0.1, 0.15) is 17.5 Å². The average molecular weight is 267 g/mol. The van der Waals surface area contributed by atoms with Crippen LogP contribution in [0.2, 0.25) is 5.02 Å². The van der Waals surface area contributed by atoms with Crippen molar-refractivity contribution in [3.8, 4) is 17.2 Å². The van der Waals surface area contributed by atoms with E-state index in [0.29, 0.717) is 0 Å². The number of hydrogen-bond donors (Lipinski definition) is 0. The van der Waals surface area contributed by atoms with Crippen LogP contribution in [0.5, 0.6) is 0 Å². The van der Waals surface area contributed by atoms with E-state index in [0.717, 1.165) is 24.3 Å². The summed E-state index contributed by atoms with van der Waals surface area (Å²) in [6, 6.07) is 7.61. The first kappa shape index (κ1) is 12.5. The van der Waals surface area contributed by atoms with Crippen LogP contribution in [-0.4, -0.2) is 0 Å². The Bertz CT molecular complexity index is 639. The SMILES string of the molecule is N#Cc1cc(F)c(-c2cc(Cl)[c]cc2F)c(F)c1. The van der Waals surface area contributed by atoms with E-state index in [-0.39, 0.29) is 16.1 Å². The molecule has 2 rings (SSSR count). The molecule has 5 heteroatoms. The number of benzene rings is 2. The van der Waals surface area contributed by atoms with Gasteiger partial charge in [-0.25, -0.2) is 13.2 Å². The Kier molecular flexibility index (Phi) is 3.26. The number of rotatable bonds is 1. The highest BCUT2D eigenvalue weighted by molar-refractivity contribution is 6.30. The highest BCUT2D eigenvalue weighted by atomic mass is 35.5. The topological polar surface area (TPSA) is 23.8 Å². The second-order valence-electron chi connectivity index (χ2n) is 3.47. The Morgan fingerprint density at radius 3 is 2.22 bits per heavy atom. The van der Waals surface area contributed by atoms with Gasteiger partial charge in [-0.2, -0.15) is 5.26 Å². The predicted molar refractivity (Wildman–Crippen MR) is 60.3 cm³/mol. The molecule has 89 valence electrons. The lowest BCUT2D eigenvalue weighted by Crippen LogP contribution is -1.95. The van der Waals surface area contributed by atoms with Gasteiger partial charge in [0.05, 0.1) is 17.2 Å². The van der Waals surface area contributed by atoms with E-state index < -0.39 is 23.0 Å². The normalized spacial score (nSPS) is 10.2. The van der Waals surface area contributed by atoms with Crippen LogP contribution in [0.25, 0.3) is 11.1 Å². The maximum absolute atomic E-state index is 13.7. The van der Waals surface area contributed by atoms with Crippen LogP contribution in [0.15, 0.2) is 24.3 Å². The minimum Gasteiger partial charge on any atom is -0.206 e. The van der Waals surface area contributed by atoms with Crippen LogP contribution in [-0.2, 0) is 0 Å². The maximum Gasteiger partial charge on any atom is 0.135 e. The summed E-state index contributed by atoms with van der Waals surface area (Å²) in [4.78, 5) is 0. The molecule has 0 spiro atoms. The third-order valence-corrected chi connectivity index (χ3v) is 2.52. The van der Waals surface area contributed by atoms with Crippen LogP contribution < -0.4 is 0 Å². The standard InChI is InChI=1S/C13H4ClF3N/c14-8-1-2-10(15)9(5-8)13-11(16)3-7(6-18)4-12(13)17/h2-5H. The number of nitriles is 1. The number of nitrogens with zero attached hydrogens (tertiary/aromatic N) is 1. The zero-order valence-electron chi connectivity index (χ0n) is 8.77. The average Bonchev–Trinajstić information content (AvgIpc) is 2.32. The lowest BCUT2D eigenvalue weighted by Gasteiger charge is -2.07. The molecule has 0 atom stereocenters. The molecule has 0 fully saturated rings. The second kappa shape index (κ2) is 4.71. The molecule has 2 aromatic rings. The van der Waals surface area contributed by atoms with Gasteiger partial charge < -0.3 is 0 Å². The molecule has 0 aliphatic heterocycles. The van der Waals surface area contributed by atoms with Crippen molar-refractivity contribution >= 4 is 11.6 Å². The van der Waals surface area contributed by atoms with Crippen LogP contribution in [0.1, 0.15) is 5.56 Å². The molecular formula is C13H4ClF3N. The van der Waals surface area contributed by atoms with E-state index in [1.807, 2.05) is 0 Å². The van der Waals surface area contributed by atoms with Gasteiger partial charge in [-0.15, -0.1) is 0 Å².